The fourth-order valence-electron chi connectivity index (χ4n) is 4.28. The number of carbonyl (C=O) groups excluding carboxylic acids is 1. The molecule has 1 N–H and O–H groups in total. The van der Waals surface area contributed by atoms with E-state index in [1.54, 1.807) is 24.3 Å². The van der Waals surface area contributed by atoms with Crippen molar-refractivity contribution in [3.63, 3.8) is 0 Å². The van der Waals surface area contributed by atoms with E-state index >= 15 is 0 Å². The predicted octanol–water partition coefficient (Wildman–Crippen LogP) is 3.54. The van der Waals surface area contributed by atoms with E-state index in [0.717, 1.165) is 31.5 Å². The largest absolute Gasteiger partial charge is 0.494 e. The molecule has 1 amide bonds. The van der Waals surface area contributed by atoms with Crippen molar-refractivity contribution < 1.29 is 17.9 Å². The van der Waals surface area contributed by atoms with Crippen molar-refractivity contribution in [1.29, 1.82) is 0 Å². The molecule has 1 heterocycles. The number of anilines is 1. The number of hydrogen-bond acceptors (Lipinski definition) is 5. The van der Waals surface area contributed by atoms with Gasteiger partial charge in [0.05, 0.1) is 18.6 Å². The van der Waals surface area contributed by atoms with Gasteiger partial charge >= 0.3 is 0 Å². The number of amides is 1. The van der Waals surface area contributed by atoms with Gasteiger partial charge in [-0.2, -0.15) is 0 Å². The van der Waals surface area contributed by atoms with Crippen LogP contribution in [-0.4, -0.2) is 51.2 Å². The van der Waals surface area contributed by atoms with Crippen molar-refractivity contribution in [1.82, 2.24) is 10.2 Å². The van der Waals surface area contributed by atoms with Crippen LogP contribution in [0.5, 0.6) is 5.75 Å². The van der Waals surface area contributed by atoms with Gasteiger partial charge in [0, 0.05) is 13.1 Å². The molecule has 0 radical (unpaired) electrons. The Morgan fingerprint density at radius 2 is 1.70 bits per heavy atom. The number of nitrogens with one attached hydrogen (secondary N) is 1. The van der Waals surface area contributed by atoms with Gasteiger partial charge in [0.1, 0.15) is 11.8 Å². The molecule has 180 valence electrons. The molecule has 0 saturated carbocycles. The van der Waals surface area contributed by atoms with E-state index in [0.29, 0.717) is 31.0 Å². The molecule has 1 fully saturated rings. The summed E-state index contributed by atoms with van der Waals surface area (Å²) in [6.45, 7) is 7.66. The third kappa shape index (κ3) is 6.71. The first kappa shape index (κ1) is 25.1. The molecular weight excluding hydrogens is 438 g/mol. The zero-order valence-corrected chi connectivity index (χ0v) is 20.6. The van der Waals surface area contributed by atoms with Gasteiger partial charge in [0.2, 0.25) is 15.9 Å². The number of hydrogen-bond donors (Lipinski definition) is 1. The molecule has 8 heteroatoms. The summed E-state index contributed by atoms with van der Waals surface area (Å²) in [4.78, 5) is 15.6. The minimum Gasteiger partial charge on any atom is -0.494 e. The molecule has 0 unspecified atom stereocenters. The van der Waals surface area contributed by atoms with Crippen LogP contribution in [0.15, 0.2) is 48.5 Å². The van der Waals surface area contributed by atoms with Crippen LogP contribution in [0.2, 0.25) is 0 Å². The number of nitrogens with zero attached hydrogens (tertiary/aromatic N) is 2. The lowest BCUT2D eigenvalue weighted by molar-refractivity contribution is -0.122. The number of carbonyl (C=O) groups is 1. The van der Waals surface area contributed by atoms with Gasteiger partial charge in [-0.25, -0.2) is 8.42 Å². The maximum absolute atomic E-state index is 13.2. The van der Waals surface area contributed by atoms with Crippen molar-refractivity contribution in [2.24, 2.45) is 0 Å². The van der Waals surface area contributed by atoms with E-state index in [2.05, 4.69) is 16.3 Å². The zero-order chi connectivity index (χ0) is 23.8. The number of ether oxygens (including phenoxy) is 1. The van der Waals surface area contributed by atoms with Crippen LogP contribution in [0.25, 0.3) is 0 Å². The SMILES string of the molecule is CCOc1ccc(N([C@H](CC)C(=O)NCc2ccccc2CN2CCCC2)S(C)(=O)=O)cc1. The summed E-state index contributed by atoms with van der Waals surface area (Å²) in [6.07, 6.45) is 3.93. The van der Waals surface area contributed by atoms with Crippen molar-refractivity contribution in [2.75, 3.05) is 30.3 Å². The lowest BCUT2D eigenvalue weighted by Crippen LogP contribution is -2.49. The standard InChI is InChI=1S/C25H35N3O4S/c1-4-24(28(33(3,30)31)22-12-14-23(15-13-22)32-5-2)25(29)26-18-20-10-6-7-11-21(20)19-27-16-8-9-17-27/h6-7,10-15,24H,4-5,8-9,16-19H2,1-3H3,(H,26,29)/t24-/m1/s1. The van der Waals surface area contributed by atoms with Crippen LogP contribution in [0.4, 0.5) is 5.69 Å². The average molecular weight is 474 g/mol. The molecule has 1 aliphatic rings. The molecule has 0 bridgehead atoms. The fourth-order valence-corrected chi connectivity index (χ4v) is 5.49. The monoisotopic (exact) mass is 473 g/mol. The second-order valence-electron chi connectivity index (χ2n) is 8.38. The van der Waals surface area contributed by atoms with E-state index in [1.807, 2.05) is 32.0 Å². The Morgan fingerprint density at radius 3 is 2.27 bits per heavy atom. The van der Waals surface area contributed by atoms with Crippen LogP contribution in [0.1, 0.15) is 44.2 Å². The number of benzene rings is 2. The van der Waals surface area contributed by atoms with Gasteiger partial charge in [-0.1, -0.05) is 31.2 Å². The Kier molecular flexibility index (Phi) is 8.74. The molecular formula is C25H35N3O4S. The lowest BCUT2D eigenvalue weighted by atomic mass is 10.1. The highest BCUT2D eigenvalue weighted by atomic mass is 32.2. The summed E-state index contributed by atoms with van der Waals surface area (Å²) in [5, 5.41) is 2.98. The van der Waals surface area contributed by atoms with Crippen LogP contribution in [-0.2, 0) is 27.9 Å². The first-order chi connectivity index (χ1) is 15.8. The Morgan fingerprint density at radius 1 is 1.06 bits per heavy atom. The summed E-state index contributed by atoms with van der Waals surface area (Å²) in [7, 11) is -3.68. The molecule has 33 heavy (non-hydrogen) atoms. The maximum Gasteiger partial charge on any atom is 0.244 e. The van der Waals surface area contributed by atoms with E-state index < -0.39 is 16.1 Å². The second-order valence-corrected chi connectivity index (χ2v) is 10.2. The van der Waals surface area contributed by atoms with Crippen LogP contribution in [0, 0.1) is 0 Å². The molecule has 0 aromatic heterocycles. The normalized spacial score (nSPS) is 15.2. The summed E-state index contributed by atoms with van der Waals surface area (Å²) < 4.78 is 32.0. The van der Waals surface area contributed by atoms with Gasteiger partial charge in [-0.05, 0) is 74.7 Å². The highest BCUT2D eigenvalue weighted by molar-refractivity contribution is 7.92. The van der Waals surface area contributed by atoms with Crippen LogP contribution < -0.4 is 14.4 Å². The highest BCUT2D eigenvalue weighted by Crippen LogP contribution is 2.25. The molecule has 0 spiro atoms. The summed E-state index contributed by atoms with van der Waals surface area (Å²) in [5.41, 5.74) is 2.69. The van der Waals surface area contributed by atoms with Crippen LogP contribution in [0.3, 0.4) is 0 Å². The van der Waals surface area contributed by atoms with Gasteiger partial charge in [0.25, 0.3) is 0 Å². The topological polar surface area (TPSA) is 79.0 Å². The summed E-state index contributed by atoms with van der Waals surface area (Å²) in [6, 6.07) is 14.0. The Balaban J connectivity index is 1.75. The smallest absolute Gasteiger partial charge is 0.244 e. The lowest BCUT2D eigenvalue weighted by Gasteiger charge is -2.30. The Bertz CT molecular complexity index is 1020. The molecule has 3 rings (SSSR count). The van der Waals surface area contributed by atoms with E-state index in [1.165, 1.54) is 22.7 Å². The Hall–Kier alpha value is -2.58. The van der Waals surface area contributed by atoms with Crippen molar-refractivity contribution in [3.8, 4) is 5.75 Å². The fraction of sp³-hybridized carbons (Fsp3) is 0.480. The van der Waals surface area contributed by atoms with Crippen molar-refractivity contribution >= 4 is 21.6 Å². The van der Waals surface area contributed by atoms with Crippen molar-refractivity contribution in [3.05, 3.63) is 59.7 Å². The highest BCUT2D eigenvalue weighted by Gasteiger charge is 2.31. The molecule has 2 aromatic rings. The maximum atomic E-state index is 13.2. The second kappa shape index (κ2) is 11.5. The minimum absolute atomic E-state index is 0.312. The minimum atomic E-state index is -3.68. The first-order valence-electron chi connectivity index (χ1n) is 11.6. The van der Waals surface area contributed by atoms with Gasteiger partial charge < -0.3 is 10.1 Å². The molecule has 0 aliphatic carbocycles. The molecule has 1 aliphatic heterocycles. The quantitative estimate of drug-likeness (QED) is 0.540. The number of rotatable bonds is 11. The average Bonchev–Trinajstić information content (AvgIpc) is 3.30. The van der Waals surface area contributed by atoms with E-state index in [-0.39, 0.29) is 5.91 Å². The van der Waals surface area contributed by atoms with E-state index in [9.17, 15) is 13.2 Å². The number of sulfonamides is 1. The summed E-state index contributed by atoms with van der Waals surface area (Å²) >= 11 is 0. The molecule has 1 atom stereocenters. The van der Waals surface area contributed by atoms with Gasteiger partial charge in [-0.3, -0.25) is 14.0 Å². The first-order valence-corrected chi connectivity index (χ1v) is 13.5. The molecule has 2 aromatic carbocycles. The molecule has 1 saturated heterocycles. The number of likely N-dealkylation sites (tertiary alicyclic amines) is 1. The zero-order valence-electron chi connectivity index (χ0n) is 19.8. The predicted molar refractivity (Wildman–Crippen MR) is 132 cm³/mol. The third-order valence-corrected chi connectivity index (χ3v) is 7.08. The van der Waals surface area contributed by atoms with Crippen molar-refractivity contribution in [2.45, 2.75) is 52.2 Å². The third-order valence-electron chi connectivity index (χ3n) is 5.90. The Labute approximate surface area is 197 Å². The summed E-state index contributed by atoms with van der Waals surface area (Å²) in [5.74, 6) is 0.342. The van der Waals surface area contributed by atoms with Gasteiger partial charge in [0.15, 0.2) is 0 Å². The van der Waals surface area contributed by atoms with Gasteiger partial charge in [-0.15, -0.1) is 0 Å². The molecule has 7 nitrogen and oxygen atoms in total. The van der Waals surface area contributed by atoms with E-state index in [4.69, 9.17) is 4.74 Å². The van der Waals surface area contributed by atoms with Crippen LogP contribution >= 0.6 is 0 Å².